The largest absolute Gasteiger partial charge is 0.360 e. The maximum Gasteiger partial charge on any atom is 0.136 e. The van der Waals surface area contributed by atoms with Crippen LogP contribution in [0.4, 0.5) is 5.82 Å². The molecule has 0 amide bonds. The third-order valence-corrected chi connectivity index (χ3v) is 2.69. The number of aromatic nitrogens is 2. The maximum absolute atomic E-state index is 4.34. The van der Waals surface area contributed by atoms with E-state index in [-0.39, 0.29) is 0 Å². The Morgan fingerprint density at radius 1 is 1.50 bits per heavy atom. The molecule has 4 nitrogen and oxygen atoms in total. The van der Waals surface area contributed by atoms with Gasteiger partial charge >= 0.3 is 0 Å². The van der Waals surface area contributed by atoms with Gasteiger partial charge in [0.05, 0.1) is 5.69 Å². The summed E-state index contributed by atoms with van der Waals surface area (Å²) in [6, 6.07) is 0. The average Bonchev–Trinajstić information content (AvgIpc) is 2.27. The molecule has 0 fully saturated rings. The van der Waals surface area contributed by atoms with Gasteiger partial charge in [0.25, 0.3) is 0 Å². The minimum atomic E-state index is 0.899. The summed E-state index contributed by atoms with van der Waals surface area (Å²) in [7, 11) is 2.07. The van der Waals surface area contributed by atoms with Gasteiger partial charge in [0.1, 0.15) is 12.1 Å². The minimum Gasteiger partial charge on any atom is -0.360 e. The van der Waals surface area contributed by atoms with Crippen LogP contribution in [0.15, 0.2) is 6.33 Å². The predicted octanol–water partition coefficient (Wildman–Crippen LogP) is 0.578. The molecular formula is C10H16N4. The first-order valence-electron chi connectivity index (χ1n) is 5.07. The summed E-state index contributed by atoms with van der Waals surface area (Å²) in [5.74, 6) is 1.07. The highest BCUT2D eigenvalue weighted by molar-refractivity contribution is 5.48. The Morgan fingerprint density at radius 2 is 2.36 bits per heavy atom. The smallest absolute Gasteiger partial charge is 0.136 e. The molecule has 76 valence electrons. The highest BCUT2D eigenvalue weighted by Gasteiger charge is 2.16. The van der Waals surface area contributed by atoms with Crippen molar-refractivity contribution in [2.75, 3.05) is 25.0 Å². The molecule has 0 saturated heterocycles. The van der Waals surface area contributed by atoms with Crippen molar-refractivity contribution in [3.63, 3.8) is 0 Å². The fourth-order valence-electron chi connectivity index (χ4n) is 1.73. The molecule has 0 atom stereocenters. The minimum absolute atomic E-state index is 0.899. The van der Waals surface area contributed by atoms with Crippen LogP contribution in [0.5, 0.6) is 0 Å². The lowest BCUT2D eigenvalue weighted by molar-refractivity contribution is 0.623. The molecular weight excluding hydrogens is 176 g/mol. The van der Waals surface area contributed by atoms with Crippen molar-refractivity contribution in [2.24, 2.45) is 0 Å². The summed E-state index contributed by atoms with van der Waals surface area (Å²) in [5, 5.41) is 3.35. The van der Waals surface area contributed by atoms with Gasteiger partial charge in [-0.15, -0.1) is 0 Å². The van der Waals surface area contributed by atoms with E-state index >= 15 is 0 Å². The van der Waals surface area contributed by atoms with Crippen LogP contribution in [0.1, 0.15) is 18.2 Å². The molecule has 2 rings (SSSR count). The van der Waals surface area contributed by atoms with E-state index in [1.165, 1.54) is 11.3 Å². The zero-order chi connectivity index (χ0) is 9.97. The van der Waals surface area contributed by atoms with Crippen molar-refractivity contribution >= 4 is 5.82 Å². The highest BCUT2D eigenvalue weighted by Crippen LogP contribution is 2.20. The van der Waals surface area contributed by atoms with Gasteiger partial charge in [-0.3, -0.25) is 0 Å². The van der Waals surface area contributed by atoms with Crippen LogP contribution < -0.4 is 10.2 Å². The molecule has 1 aromatic heterocycles. The first-order valence-corrected chi connectivity index (χ1v) is 5.07. The number of nitrogens with one attached hydrogen (secondary N) is 1. The van der Waals surface area contributed by atoms with Crippen molar-refractivity contribution in [3.05, 3.63) is 17.6 Å². The van der Waals surface area contributed by atoms with E-state index in [0.29, 0.717) is 0 Å². The summed E-state index contributed by atoms with van der Waals surface area (Å²) >= 11 is 0. The molecule has 2 heterocycles. The molecule has 1 N–H and O–H groups in total. The molecule has 0 bridgehead atoms. The van der Waals surface area contributed by atoms with Gasteiger partial charge in [0, 0.05) is 38.7 Å². The topological polar surface area (TPSA) is 41.1 Å². The molecule has 14 heavy (non-hydrogen) atoms. The molecule has 0 saturated carbocycles. The Labute approximate surface area is 84.4 Å². The zero-order valence-corrected chi connectivity index (χ0v) is 8.75. The van der Waals surface area contributed by atoms with Crippen LogP contribution in [0.2, 0.25) is 0 Å². The fourth-order valence-corrected chi connectivity index (χ4v) is 1.73. The van der Waals surface area contributed by atoms with Crippen molar-refractivity contribution < 1.29 is 0 Å². The van der Waals surface area contributed by atoms with Crippen molar-refractivity contribution in [1.82, 2.24) is 15.3 Å². The summed E-state index contributed by atoms with van der Waals surface area (Å²) in [6.45, 7) is 5.03. The molecule has 1 aromatic rings. The molecule has 0 aliphatic carbocycles. The number of hydrogen-bond donors (Lipinski definition) is 1. The standard InChI is InChI=1S/C10H16N4/c1-3-14(2)10-8-6-11-5-4-9(8)12-7-13-10/h7,11H,3-6H2,1-2H3. The molecule has 0 aromatic carbocycles. The van der Waals surface area contributed by atoms with Gasteiger partial charge < -0.3 is 10.2 Å². The van der Waals surface area contributed by atoms with E-state index in [9.17, 15) is 0 Å². The van der Waals surface area contributed by atoms with Crippen LogP contribution in [0, 0.1) is 0 Å². The monoisotopic (exact) mass is 192 g/mol. The Kier molecular flexibility index (Phi) is 2.63. The van der Waals surface area contributed by atoms with E-state index in [1.807, 2.05) is 0 Å². The predicted molar refractivity (Wildman–Crippen MR) is 56.4 cm³/mol. The van der Waals surface area contributed by atoms with Gasteiger partial charge in [0.15, 0.2) is 0 Å². The molecule has 0 radical (unpaired) electrons. The van der Waals surface area contributed by atoms with Gasteiger partial charge in [-0.25, -0.2) is 9.97 Å². The Balaban J connectivity index is 2.39. The van der Waals surface area contributed by atoms with Crippen LogP contribution in [0.3, 0.4) is 0 Å². The summed E-state index contributed by atoms with van der Waals surface area (Å²) in [6.07, 6.45) is 2.69. The van der Waals surface area contributed by atoms with Crippen LogP contribution >= 0.6 is 0 Å². The second-order valence-corrected chi connectivity index (χ2v) is 3.56. The number of anilines is 1. The van der Waals surface area contributed by atoms with E-state index in [0.717, 1.165) is 31.9 Å². The average molecular weight is 192 g/mol. The summed E-state index contributed by atoms with van der Waals surface area (Å²) < 4.78 is 0. The van der Waals surface area contributed by atoms with Gasteiger partial charge in [-0.1, -0.05) is 0 Å². The Bertz CT molecular complexity index is 324. The normalized spacial score (nSPS) is 15.0. The Morgan fingerprint density at radius 3 is 3.14 bits per heavy atom. The van der Waals surface area contributed by atoms with E-state index in [2.05, 4.69) is 34.2 Å². The van der Waals surface area contributed by atoms with Crippen molar-refractivity contribution in [2.45, 2.75) is 19.9 Å². The van der Waals surface area contributed by atoms with Gasteiger partial charge in [0.2, 0.25) is 0 Å². The summed E-state index contributed by atoms with van der Waals surface area (Å²) in [4.78, 5) is 10.8. The zero-order valence-electron chi connectivity index (χ0n) is 8.75. The van der Waals surface area contributed by atoms with E-state index < -0.39 is 0 Å². The Hall–Kier alpha value is -1.16. The van der Waals surface area contributed by atoms with Gasteiger partial charge in [-0.2, -0.15) is 0 Å². The van der Waals surface area contributed by atoms with E-state index in [4.69, 9.17) is 0 Å². The second-order valence-electron chi connectivity index (χ2n) is 3.56. The van der Waals surface area contributed by atoms with Crippen molar-refractivity contribution in [3.8, 4) is 0 Å². The van der Waals surface area contributed by atoms with Crippen LogP contribution in [-0.4, -0.2) is 30.1 Å². The molecule has 1 aliphatic rings. The summed E-state index contributed by atoms with van der Waals surface area (Å²) in [5.41, 5.74) is 2.47. The fraction of sp³-hybridized carbons (Fsp3) is 0.600. The third-order valence-electron chi connectivity index (χ3n) is 2.69. The number of fused-ring (bicyclic) bond motifs is 1. The molecule has 1 aliphatic heterocycles. The second kappa shape index (κ2) is 3.92. The first-order chi connectivity index (χ1) is 6.83. The first kappa shape index (κ1) is 9.40. The lowest BCUT2D eigenvalue weighted by Crippen LogP contribution is -2.28. The number of rotatable bonds is 2. The van der Waals surface area contributed by atoms with Crippen LogP contribution in [0.25, 0.3) is 0 Å². The SMILES string of the molecule is CCN(C)c1ncnc2c1CNCC2. The quantitative estimate of drug-likeness (QED) is 0.744. The molecule has 4 heteroatoms. The highest BCUT2D eigenvalue weighted by atomic mass is 15.2. The van der Waals surface area contributed by atoms with E-state index in [1.54, 1.807) is 6.33 Å². The molecule has 0 unspecified atom stereocenters. The lowest BCUT2D eigenvalue weighted by atomic mass is 10.1. The lowest BCUT2D eigenvalue weighted by Gasteiger charge is -2.23. The van der Waals surface area contributed by atoms with Crippen LogP contribution in [-0.2, 0) is 13.0 Å². The molecule has 0 spiro atoms. The number of nitrogens with zero attached hydrogens (tertiary/aromatic N) is 3. The van der Waals surface area contributed by atoms with Crippen molar-refractivity contribution in [1.29, 1.82) is 0 Å². The van der Waals surface area contributed by atoms with Gasteiger partial charge in [-0.05, 0) is 6.92 Å². The maximum atomic E-state index is 4.34. The number of hydrogen-bond acceptors (Lipinski definition) is 4. The third kappa shape index (κ3) is 1.57.